The Morgan fingerprint density at radius 2 is 1.77 bits per heavy atom. The summed E-state index contributed by atoms with van der Waals surface area (Å²) in [5, 5.41) is 11.9. The van der Waals surface area contributed by atoms with E-state index in [9.17, 15) is 14.7 Å². The fraction of sp³-hybridized carbons (Fsp3) is 0.227. The molecule has 2 N–H and O–H groups in total. The van der Waals surface area contributed by atoms with Crippen molar-refractivity contribution in [3.8, 4) is 17.0 Å². The molecule has 1 amide bonds. The highest BCUT2D eigenvalue weighted by atomic mass is 32.1. The number of carbonyl (C=O) groups is 2. The van der Waals surface area contributed by atoms with Crippen LogP contribution in [0.5, 0.6) is 5.88 Å². The normalized spacial score (nSPS) is 13.2. The number of fused-ring (bicyclic) bond motifs is 3. The van der Waals surface area contributed by atoms with Crippen molar-refractivity contribution in [2.45, 2.75) is 18.4 Å². The number of benzene rings is 2. The first kappa shape index (κ1) is 19.9. The molecule has 1 unspecified atom stereocenters. The first-order valence-corrected chi connectivity index (χ1v) is 10.2. The van der Waals surface area contributed by atoms with E-state index in [1.807, 2.05) is 36.4 Å². The molecule has 0 saturated carbocycles. The van der Waals surface area contributed by atoms with Crippen molar-refractivity contribution in [2.75, 3.05) is 13.7 Å². The maximum absolute atomic E-state index is 12.5. The van der Waals surface area contributed by atoms with Crippen molar-refractivity contribution in [1.29, 1.82) is 0 Å². The molecule has 1 aromatic heterocycles. The van der Waals surface area contributed by atoms with Crippen LogP contribution in [0.25, 0.3) is 11.1 Å². The van der Waals surface area contributed by atoms with Crippen molar-refractivity contribution in [1.82, 2.24) is 9.69 Å². The van der Waals surface area contributed by atoms with Crippen LogP contribution in [0.4, 0.5) is 4.79 Å². The van der Waals surface area contributed by atoms with Gasteiger partial charge in [0.05, 0.1) is 24.4 Å². The minimum absolute atomic E-state index is 0.0652. The quantitative estimate of drug-likeness (QED) is 0.590. The predicted molar refractivity (Wildman–Crippen MR) is 112 cm³/mol. The van der Waals surface area contributed by atoms with Gasteiger partial charge in [-0.25, -0.2) is 4.79 Å². The largest absolute Gasteiger partial charge is 0.481 e. The highest BCUT2D eigenvalue weighted by Crippen LogP contribution is 2.44. The summed E-state index contributed by atoms with van der Waals surface area (Å²) in [4.78, 5) is 24.3. The molecule has 0 aliphatic heterocycles. The van der Waals surface area contributed by atoms with Crippen LogP contribution in [0.15, 0.2) is 54.6 Å². The molecule has 1 atom stereocenters. The van der Waals surface area contributed by atoms with Gasteiger partial charge in [-0.15, -0.1) is 0 Å². The second-order valence-corrected chi connectivity index (χ2v) is 7.73. The summed E-state index contributed by atoms with van der Waals surface area (Å²) in [6.45, 7) is 0.158. The molecule has 2 aromatic carbocycles. The second-order valence-electron chi connectivity index (χ2n) is 6.89. The third-order valence-corrected chi connectivity index (χ3v) is 5.96. The van der Waals surface area contributed by atoms with Crippen LogP contribution in [0, 0.1) is 0 Å². The third-order valence-electron chi connectivity index (χ3n) is 5.07. The van der Waals surface area contributed by atoms with Crippen LogP contribution in [-0.2, 0) is 9.53 Å². The standard InChI is InChI=1S/C22H20N2O5S/c1-28-20-11-19(30-24-20)18(10-21(25)26)23-22(27)29-12-17-15-8-4-2-6-13(15)14-7-3-5-9-16(14)17/h2-9,11,17-18H,10,12H2,1H3,(H,23,27)(H,25,26). The Morgan fingerprint density at radius 1 is 1.13 bits per heavy atom. The molecule has 7 nitrogen and oxygen atoms in total. The Balaban J connectivity index is 1.47. The molecular weight excluding hydrogens is 404 g/mol. The lowest BCUT2D eigenvalue weighted by Crippen LogP contribution is -2.31. The zero-order chi connectivity index (χ0) is 21.1. The van der Waals surface area contributed by atoms with Crippen LogP contribution in [0.2, 0.25) is 0 Å². The van der Waals surface area contributed by atoms with Crippen molar-refractivity contribution >= 4 is 23.6 Å². The van der Waals surface area contributed by atoms with Gasteiger partial charge in [-0.05, 0) is 33.8 Å². The van der Waals surface area contributed by atoms with E-state index < -0.39 is 18.1 Å². The number of carboxylic acids is 1. The molecule has 0 bridgehead atoms. The smallest absolute Gasteiger partial charge is 0.407 e. The number of carbonyl (C=O) groups excluding carboxylic acids is 1. The van der Waals surface area contributed by atoms with Crippen LogP contribution in [-0.4, -0.2) is 35.3 Å². The van der Waals surface area contributed by atoms with E-state index in [-0.39, 0.29) is 18.9 Å². The van der Waals surface area contributed by atoms with E-state index in [0.29, 0.717) is 10.8 Å². The first-order chi connectivity index (χ1) is 14.6. The predicted octanol–water partition coefficient (Wildman–Crippen LogP) is 4.21. The summed E-state index contributed by atoms with van der Waals surface area (Å²) in [5.74, 6) is -0.726. The van der Waals surface area contributed by atoms with Gasteiger partial charge < -0.3 is 19.9 Å². The number of aromatic nitrogens is 1. The first-order valence-electron chi connectivity index (χ1n) is 9.40. The highest BCUT2D eigenvalue weighted by Gasteiger charge is 2.29. The van der Waals surface area contributed by atoms with Gasteiger partial charge in [0.2, 0.25) is 5.88 Å². The van der Waals surface area contributed by atoms with E-state index in [2.05, 4.69) is 21.8 Å². The zero-order valence-corrected chi connectivity index (χ0v) is 17.0. The van der Waals surface area contributed by atoms with Crippen molar-refractivity contribution in [3.63, 3.8) is 0 Å². The molecular formula is C22H20N2O5S. The number of alkyl carbamates (subject to hydrolysis) is 1. The van der Waals surface area contributed by atoms with E-state index >= 15 is 0 Å². The fourth-order valence-corrected chi connectivity index (χ4v) is 4.46. The van der Waals surface area contributed by atoms with Gasteiger partial charge in [0, 0.05) is 12.0 Å². The van der Waals surface area contributed by atoms with E-state index in [1.165, 1.54) is 7.11 Å². The van der Waals surface area contributed by atoms with Gasteiger partial charge in [-0.3, -0.25) is 4.79 Å². The number of nitrogens with zero attached hydrogens (tertiary/aromatic N) is 1. The van der Waals surface area contributed by atoms with Crippen LogP contribution in [0.1, 0.15) is 34.4 Å². The molecule has 0 radical (unpaired) electrons. The monoisotopic (exact) mass is 424 g/mol. The van der Waals surface area contributed by atoms with Gasteiger partial charge in [-0.1, -0.05) is 48.5 Å². The molecule has 8 heteroatoms. The molecule has 1 heterocycles. The number of aliphatic carboxylic acids is 1. The molecule has 154 valence electrons. The van der Waals surface area contributed by atoms with E-state index in [4.69, 9.17) is 9.47 Å². The molecule has 0 spiro atoms. The Kier molecular flexibility index (Phi) is 5.67. The van der Waals surface area contributed by atoms with Gasteiger partial charge in [-0.2, -0.15) is 4.37 Å². The van der Waals surface area contributed by atoms with Crippen LogP contribution >= 0.6 is 11.5 Å². The van der Waals surface area contributed by atoms with Gasteiger partial charge >= 0.3 is 12.1 Å². The Bertz CT molecular complexity index is 1040. The summed E-state index contributed by atoms with van der Waals surface area (Å²) in [5.41, 5.74) is 4.51. The number of hydrogen-bond donors (Lipinski definition) is 2. The lowest BCUT2D eigenvalue weighted by molar-refractivity contribution is -0.137. The Labute approximate surface area is 177 Å². The maximum Gasteiger partial charge on any atom is 0.407 e. The zero-order valence-electron chi connectivity index (χ0n) is 16.2. The van der Waals surface area contributed by atoms with Crippen LogP contribution in [0.3, 0.4) is 0 Å². The molecule has 1 aliphatic carbocycles. The minimum Gasteiger partial charge on any atom is -0.481 e. The van der Waals surface area contributed by atoms with Crippen LogP contribution < -0.4 is 10.1 Å². The number of hydrogen-bond acceptors (Lipinski definition) is 6. The molecule has 4 rings (SSSR count). The van der Waals surface area contributed by atoms with Crippen molar-refractivity contribution in [2.24, 2.45) is 0 Å². The van der Waals surface area contributed by atoms with Crippen molar-refractivity contribution in [3.05, 3.63) is 70.6 Å². The lowest BCUT2D eigenvalue weighted by atomic mass is 9.98. The summed E-state index contributed by atoms with van der Waals surface area (Å²) in [7, 11) is 1.48. The third kappa shape index (κ3) is 3.99. The lowest BCUT2D eigenvalue weighted by Gasteiger charge is -2.18. The van der Waals surface area contributed by atoms with E-state index in [0.717, 1.165) is 33.8 Å². The minimum atomic E-state index is -1.04. The second kappa shape index (κ2) is 8.54. The topological polar surface area (TPSA) is 97.8 Å². The maximum atomic E-state index is 12.5. The molecule has 3 aromatic rings. The van der Waals surface area contributed by atoms with Gasteiger partial charge in [0.15, 0.2) is 0 Å². The Hall–Kier alpha value is -3.39. The average Bonchev–Trinajstić information content (AvgIpc) is 3.35. The Morgan fingerprint density at radius 3 is 2.33 bits per heavy atom. The van der Waals surface area contributed by atoms with Gasteiger partial charge in [0.1, 0.15) is 6.61 Å². The number of carboxylic acid groups (broad SMARTS) is 1. The summed E-state index contributed by atoms with van der Waals surface area (Å²) in [6.07, 6.45) is -0.953. The summed E-state index contributed by atoms with van der Waals surface area (Å²) >= 11 is 1.08. The summed E-state index contributed by atoms with van der Waals surface area (Å²) in [6, 6.07) is 17.0. The molecule has 1 aliphatic rings. The number of amides is 1. The summed E-state index contributed by atoms with van der Waals surface area (Å²) < 4.78 is 14.6. The van der Waals surface area contributed by atoms with E-state index in [1.54, 1.807) is 6.07 Å². The highest BCUT2D eigenvalue weighted by molar-refractivity contribution is 7.06. The van der Waals surface area contributed by atoms with Crippen molar-refractivity contribution < 1.29 is 24.2 Å². The number of rotatable bonds is 7. The SMILES string of the molecule is COc1cc(C(CC(=O)O)NC(=O)OCC2c3ccccc3-c3ccccc32)sn1. The molecule has 30 heavy (non-hydrogen) atoms. The molecule has 0 fully saturated rings. The number of nitrogens with one attached hydrogen (secondary N) is 1. The molecule has 0 saturated heterocycles. The fourth-order valence-electron chi connectivity index (χ4n) is 3.71. The average molecular weight is 424 g/mol. The number of methoxy groups -OCH3 is 1. The van der Waals surface area contributed by atoms with Gasteiger partial charge in [0.25, 0.3) is 0 Å². The number of ether oxygens (including phenoxy) is 2.